The number of hydrogen-bond acceptors (Lipinski definition) is 5. The average molecular weight is 589 g/mol. The first-order valence-corrected chi connectivity index (χ1v) is 14.0. The van der Waals surface area contributed by atoms with Gasteiger partial charge < -0.3 is 29.7 Å². The predicted octanol–water partition coefficient (Wildman–Crippen LogP) is 5.97. The van der Waals surface area contributed by atoms with Gasteiger partial charge in [0, 0.05) is 55.9 Å². The van der Waals surface area contributed by atoms with E-state index in [2.05, 4.69) is 74.2 Å². The average Bonchev–Trinajstić information content (AvgIpc) is 3.45. The van der Waals surface area contributed by atoms with Crippen molar-refractivity contribution in [1.82, 2.24) is 14.9 Å². The summed E-state index contributed by atoms with van der Waals surface area (Å²) in [5, 5.41) is 7.28. The molecule has 0 radical (unpaired) electrons. The van der Waals surface area contributed by atoms with Crippen molar-refractivity contribution in [2.45, 2.75) is 25.9 Å². The largest absolute Gasteiger partial charge is 0.378 e. The molecule has 2 aromatic carbocycles. The Labute approximate surface area is 250 Å². The molecule has 0 saturated carbocycles. The number of benzene rings is 2. The Morgan fingerprint density at radius 3 is 2.46 bits per heavy atom. The Morgan fingerprint density at radius 2 is 1.83 bits per heavy atom. The number of anilines is 3. The van der Waals surface area contributed by atoms with Crippen LogP contribution in [0, 0.1) is 13.8 Å². The van der Waals surface area contributed by atoms with Crippen molar-refractivity contribution in [3.63, 3.8) is 0 Å². The minimum absolute atomic E-state index is 0.0560. The van der Waals surface area contributed by atoms with Crippen LogP contribution < -0.4 is 20.4 Å². The van der Waals surface area contributed by atoms with Crippen LogP contribution in [-0.2, 0) is 9.53 Å². The zero-order chi connectivity index (χ0) is 29.3. The molecule has 212 valence electrons. The number of amides is 1. The van der Waals surface area contributed by atoms with Crippen LogP contribution in [0.2, 0.25) is 5.02 Å². The number of aromatic nitrogens is 2. The fourth-order valence-corrected chi connectivity index (χ4v) is 5.97. The van der Waals surface area contributed by atoms with Crippen molar-refractivity contribution in [2.75, 3.05) is 42.9 Å². The Balaban J connectivity index is 1.59. The highest BCUT2D eigenvalue weighted by Gasteiger charge is 2.42. The van der Waals surface area contributed by atoms with Gasteiger partial charge in [-0.25, -0.2) is 0 Å². The number of rotatable bonds is 8. The lowest BCUT2D eigenvalue weighted by Crippen LogP contribution is -2.29. The lowest BCUT2D eigenvalue weighted by atomic mass is 9.96. The third-order valence-corrected chi connectivity index (χ3v) is 7.92. The molecule has 8 nitrogen and oxygen atoms in total. The third kappa shape index (κ3) is 5.66. The van der Waals surface area contributed by atoms with E-state index in [1.165, 1.54) is 7.11 Å². The molecule has 2 N–H and O–H groups in total. The van der Waals surface area contributed by atoms with Gasteiger partial charge in [-0.2, -0.15) is 0 Å². The monoisotopic (exact) mass is 588 g/mol. The fraction of sp³-hybridized carbons (Fsp3) is 0.258. The summed E-state index contributed by atoms with van der Waals surface area (Å²) >= 11 is 12.6. The fourth-order valence-electron chi connectivity index (χ4n) is 5.41. The van der Waals surface area contributed by atoms with E-state index < -0.39 is 0 Å². The lowest BCUT2D eigenvalue weighted by molar-refractivity contribution is -0.119. The number of nitrogens with zero attached hydrogens (tertiary/aromatic N) is 4. The maximum absolute atomic E-state index is 12.1. The summed E-state index contributed by atoms with van der Waals surface area (Å²) in [4.78, 5) is 20.9. The zero-order valence-electron chi connectivity index (χ0n) is 23.7. The van der Waals surface area contributed by atoms with Gasteiger partial charge in [0.05, 0.1) is 28.5 Å². The first-order valence-electron chi connectivity index (χ1n) is 13.2. The van der Waals surface area contributed by atoms with E-state index in [0.29, 0.717) is 15.8 Å². The number of ether oxygens (including phenoxy) is 1. The second-order valence-corrected chi connectivity index (χ2v) is 11.0. The second-order valence-electron chi connectivity index (χ2n) is 10.2. The summed E-state index contributed by atoms with van der Waals surface area (Å²) in [7, 11) is 5.54. The quantitative estimate of drug-likeness (QED) is 0.246. The first-order chi connectivity index (χ1) is 19.7. The van der Waals surface area contributed by atoms with Crippen molar-refractivity contribution in [2.24, 2.45) is 0 Å². The van der Waals surface area contributed by atoms with Crippen molar-refractivity contribution >= 4 is 51.9 Å². The predicted molar refractivity (Wildman–Crippen MR) is 169 cm³/mol. The Bertz CT molecular complexity index is 1570. The number of carbonyl (C=O) groups excluding carboxylic acids is 1. The molecule has 10 heteroatoms. The topological polar surface area (TPSA) is 74.7 Å². The molecule has 1 aliphatic heterocycles. The van der Waals surface area contributed by atoms with E-state index in [9.17, 15) is 4.79 Å². The van der Waals surface area contributed by atoms with Gasteiger partial charge in [-0.05, 0) is 92.3 Å². The van der Waals surface area contributed by atoms with Crippen molar-refractivity contribution in [3.05, 3.63) is 101 Å². The molecule has 4 aromatic rings. The van der Waals surface area contributed by atoms with Crippen molar-refractivity contribution in [1.29, 1.82) is 0 Å². The molecule has 2 unspecified atom stereocenters. The minimum Gasteiger partial charge on any atom is -0.378 e. The highest BCUT2D eigenvalue weighted by atomic mass is 35.5. The zero-order valence-corrected chi connectivity index (χ0v) is 25.3. The van der Waals surface area contributed by atoms with Gasteiger partial charge in [0.2, 0.25) is 5.91 Å². The second kappa shape index (κ2) is 11.9. The van der Waals surface area contributed by atoms with E-state index in [1.54, 1.807) is 12.3 Å². The number of pyridine rings is 1. The molecule has 3 heterocycles. The molecule has 2 aromatic heterocycles. The summed E-state index contributed by atoms with van der Waals surface area (Å²) in [6.07, 6.45) is 1.80. The molecular weight excluding hydrogens is 556 g/mol. The van der Waals surface area contributed by atoms with Gasteiger partial charge >= 0.3 is 0 Å². The normalized spacial score (nSPS) is 16.5. The van der Waals surface area contributed by atoms with Crippen LogP contribution in [0.5, 0.6) is 0 Å². The number of nitrogens with one attached hydrogen (secondary N) is 2. The first kappa shape index (κ1) is 28.6. The maximum atomic E-state index is 12.1. The van der Waals surface area contributed by atoms with Crippen LogP contribution in [0.4, 0.5) is 17.1 Å². The molecule has 1 amide bonds. The molecule has 0 bridgehead atoms. The smallest absolute Gasteiger partial charge is 0.250 e. The Hall–Kier alpha value is -3.92. The molecule has 0 spiro atoms. The van der Waals surface area contributed by atoms with Gasteiger partial charge in [-0.15, -0.1) is 0 Å². The molecule has 1 fully saturated rings. The molecule has 5 rings (SSSR count). The number of thiocarbonyl (C=S) groups is 1. The SMILES string of the molecule is COCC(=O)Nc1ccc(N2C(=S)NC(c3ccccn3)C2c2cc(C)n(-c3ccc(N(C)C)cc3)c2C)cc1Cl. The van der Waals surface area contributed by atoms with E-state index in [-0.39, 0.29) is 24.6 Å². The molecule has 1 saturated heterocycles. The highest BCUT2D eigenvalue weighted by molar-refractivity contribution is 7.80. The van der Waals surface area contributed by atoms with Crippen LogP contribution in [0.1, 0.15) is 34.7 Å². The van der Waals surface area contributed by atoms with Gasteiger partial charge in [-0.3, -0.25) is 9.78 Å². The van der Waals surface area contributed by atoms with Crippen molar-refractivity contribution in [3.8, 4) is 5.69 Å². The van der Waals surface area contributed by atoms with Crippen LogP contribution in [0.25, 0.3) is 5.69 Å². The van der Waals surface area contributed by atoms with Crippen LogP contribution in [0.15, 0.2) is 72.9 Å². The number of hydrogen-bond donors (Lipinski definition) is 2. The standard InChI is InChI=1S/C31H33ClN6O2S/c1-19-16-24(20(2)37(19)22-11-9-21(10-12-22)36(3)4)30-29(27-8-6-7-15-33-27)35-31(41)38(30)23-13-14-26(25(32)17-23)34-28(39)18-40-5/h6-17,29-30H,18H2,1-5H3,(H,34,39)(H,35,41). The molecule has 41 heavy (non-hydrogen) atoms. The number of halogens is 1. The minimum atomic E-state index is -0.278. The number of methoxy groups -OCH3 is 1. The Kier molecular flexibility index (Phi) is 8.30. The van der Waals surface area contributed by atoms with E-state index in [4.69, 9.17) is 28.6 Å². The van der Waals surface area contributed by atoms with Crippen LogP contribution in [-0.4, -0.2) is 48.4 Å². The maximum Gasteiger partial charge on any atom is 0.250 e. The highest BCUT2D eigenvalue weighted by Crippen LogP contribution is 2.44. The number of aryl methyl sites for hydroxylation is 1. The number of carbonyl (C=O) groups is 1. The summed E-state index contributed by atoms with van der Waals surface area (Å²) in [5.74, 6) is -0.278. The molecule has 1 aliphatic rings. The van der Waals surface area contributed by atoms with Gasteiger partial charge in [0.25, 0.3) is 0 Å². The van der Waals surface area contributed by atoms with E-state index in [0.717, 1.165) is 39.7 Å². The van der Waals surface area contributed by atoms with Gasteiger partial charge in [-0.1, -0.05) is 17.7 Å². The summed E-state index contributed by atoms with van der Waals surface area (Å²) in [6, 6.07) is 21.8. The van der Waals surface area contributed by atoms with Crippen LogP contribution >= 0.6 is 23.8 Å². The Morgan fingerprint density at radius 1 is 1.10 bits per heavy atom. The third-order valence-electron chi connectivity index (χ3n) is 7.29. The van der Waals surface area contributed by atoms with Crippen LogP contribution in [0.3, 0.4) is 0 Å². The van der Waals surface area contributed by atoms with E-state index in [1.807, 2.05) is 44.4 Å². The lowest BCUT2D eigenvalue weighted by Gasteiger charge is -2.28. The molecule has 0 aliphatic carbocycles. The summed E-state index contributed by atoms with van der Waals surface area (Å²) in [5.41, 5.74) is 7.77. The molecule has 2 atom stereocenters. The van der Waals surface area contributed by atoms with Crippen molar-refractivity contribution < 1.29 is 9.53 Å². The summed E-state index contributed by atoms with van der Waals surface area (Å²) < 4.78 is 7.19. The summed E-state index contributed by atoms with van der Waals surface area (Å²) in [6.45, 7) is 4.20. The van der Waals surface area contributed by atoms with Gasteiger partial charge in [0.1, 0.15) is 6.61 Å². The molecular formula is C31H33ClN6O2S. The van der Waals surface area contributed by atoms with E-state index >= 15 is 0 Å². The van der Waals surface area contributed by atoms with Gasteiger partial charge in [0.15, 0.2) is 5.11 Å².